The summed E-state index contributed by atoms with van der Waals surface area (Å²) in [6, 6.07) is 8.03. The lowest BCUT2D eigenvalue weighted by Crippen LogP contribution is -2.07. The molecule has 0 atom stereocenters. The van der Waals surface area contributed by atoms with Crippen LogP contribution in [0, 0.1) is 0 Å². The van der Waals surface area contributed by atoms with E-state index in [1.54, 1.807) is 14.2 Å². The smallest absolute Gasteiger partial charge is 0.161 e. The van der Waals surface area contributed by atoms with Crippen molar-refractivity contribution in [2.45, 2.75) is 6.54 Å². The van der Waals surface area contributed by atoms with E-state index in [1.165, 1.54) is 0 Å². The molecule has 0 aliphatic carbocycles. The van der Waals surface area contributed by atoms with Crippen molar-refractivity contribution in [3.8, 4) is 22.8 Å². The van der Waals surface area contributed by atoms with Gasteiger partial charge in [-0.1, -0.05) is 0 Å². The minimum Gasteiger partial charge on any atom is -0.493 e. The van der Waals surface area contributed by atoms with Crippen molar-refractivity contribution in [2.75, 3.05) is 21.3 Å². The van der Waals surface area contributed by atoms with Gasteiger partial charge in [0.2, 0.25) is 0 Å². The quantitative estimate of drug-likeness (QED) is 0.851. The molecule has 0 saturated carbocycles. The summed E-state index contributed by atoms with van der Waals surface area (Å²) in [6.45, 7) is 0.773. The van der Waals surface area contributed by atoms with Crippen LogP contribution < -0.4 is 14.8 Å². The molecule has 18 heavy (non-hydrogen) atoms. The van der Waals surface area contributed by atoms with E-state index >= 15 is 0 Å². The summed E-state index contributed by atoms with van der Waals surface area (Å²) in [7, 11) is 5.22. The first-order chi connectivity index (χ1) is 8.80. The molecule has 0 fully saturated rings. The molecular formula is C14H18N2O2. The third-order valence-electron chi connectivity index (χ3n) is 2.86. The van der Waals surface area contributed by atoms with Gasteiger partial charge in [0.25, 0.3) is 0 Å². The van der Waals surface area contributed by atoms with Gasteiger partial charge < -0.3 is 19.8 Å². The van der Waals surface area contributed by atoms with E-state index in [-0.39, 0.29) is 0 Å². The molecule has 0 aliphatic rings. The highest BCUT2D eigenvalue weighted by Gasteiger charge is 2.12. The van der Waals surface area contributed by atoms with Crippen molar-refractivity contribution < 1.29 is 9.47 Å². The predicted molar refractivity (Wildman–Crippen MR) is 72.1 cm³/mol. The Morgan fingerprint density at radius 1 is 1.17 bits per heavy atom. The molecular weight excluding hydrogens is 228 g/mol. The SMILES string of the molecule is CNCc1cc(OC)c(OC)cc1-c1ccc[nH]1. The maximum atomic E-state index is 5.35. The zero-order valence-electron chi connectivity index (χ0n) is 10.9. The minimum absolute atomic E-state index is 0.738. The number of H-pyrrole nitrogens is 1. The normalized spacial score (nSPS) is 10.4. The number of hydrogen-bond donors (Lipinski definition) is 2. The fourth-order valence-electron chi connectivity index (χ4n) is 2.01. The third kappa shape index (κ3) is 2.33. The van der Waals surface area contributed by atoms with Crippen LogP contribution >= 0.6 is 0 Å². The van der Waals surface area contributed by atoms with Gasteiger partial charge in [0.15, 0.2) is 11.5 Å². The summed E-state index contributed by atoms with van der Waals surface area (Å²) >= 11 is 0. The van der Waals surface area contributed by atoms with E-state index in [1.807, 2.05) is 37.5 Å². The number of nitrogens with one attached hydrogen (secondary N) is 2. The van der Waals surface area contributed by atoms with Crippen LogP contribution in [0.4, 0.5) is 0 Å². The molecule has 1 aromatic heterocycles. The second-order valence-electron chi connectivity index (χ2n) is 3.98. The van der Waals surface area contributed by atoms with Crippen LogP contribution in [-0.4, -0.2) is 26.3 Å². The number of rotatable bonds is 5. The highest BCUT2D eigenvalue weighted by molar-refractivity contribution is 5.68. The molecule has 0 saturated heterocycles. The molecule has 0 aliphatic heterocycles. The van der Waals surface area contributed by atoms with Crippen LogP contribution in [0.1, 0.15) is 5.56 Å². The van der Waals surface area contributed by atoms with Gasteiger partial charge in [-0.2, -0.15) is 0 Å². The van der Waals surface area contributed by atoms with Gasteiger partial charge in [-0.15, -0.1) is 0 Å². The van der Waals surface area contributed by atoms with Crippen LogP contribution in [0.3, 0.4) is 0 Å². The lowest BCUT2D eigenvalue weighted by Gasteiger charge is -2.14. The summed E-state index contributed by atoms with van der Waals surface area (Å²) in [5.74, 6) is 1.49. The molecule has 2 rings (SSSR count). The topological polar surface area (TPSA) is 46.3 Å². The second-order valence-corrected chi connectivity index (χ2v) is 3.98. The number of aromatic amines is 1. The first-order valence-electron chi connectivity index (χ1n) is 5.83. The molecule has 4 nitrogen and oxygen atoms in total. The van der Waals surface area contributed by atoms with E-state index in [0.29, 0.717) is 0 Å². The largest absolute Gasteiger partial charge is 0.493 e. The summed E-state index contributed by atoms with van der Waals surface area (Å²) in [4.78, 5) is 3.22. The van der Waals surface area contributed by atoms with Gasteiger partial charge in [0.05, 0.1) is 14.2 Å². The maximum absolute atomic E-state index is 5.35. The summed E-state index contributed by atoms with van der Waals surface area (Å²) < 4.78 is 10.7. The maximum Gasteiger partial charge on any atom is 0.161 e. The molecule has 0 bridgehead atoms. The van der Waals surface area contributed by atoms with E-state index in [0.717, 1.165) is 34.9 Å². The lowest BCUT2D eigenvalue weighted by molar-refractivity contribution is 0.354. The van der Waals surface area contributed by atoms with Crippen LogP contribution in [0.5, 0.6) is 11.5 Å². The zero-order valence-corrected chi connectivity index (χ0v) is 10.9. The van der Waals surface area contributed by atoms with Gasteiger partial charge in [-0.3, -0.25) is 0 Å². The van der Waals surface area contributed by atoms with Crippen molar-refractivity contribution in [2.24, 2.45) is 0 Å². The van der Waals surface area contributed by atoms with Crippen molar-refractivity contribution in [1.29, 1.82) is 0 Å². The van der Waals surface area contributed by atoms with Crippen LogP contribution in [0.15, 0.2) is 30.5 Å². The molecule has 0 spiro atoms. The number of aromatic nitrogens is 1. The van der Waals surface area contributed by atoms with E-state index in [9.17, 15) is 0 Å². The van der Waals surface area contributed by atoms with Gasteiger partial charge >= 0.3 is 0 Å². The van der Waals surface area contributed by atoms with E-state index < -0.39 is 0 Å². The highest BCUT2D eigenvalue weighted by Crippen LogP contribution is 2.35. The van der Waals surface area contributed by atoms with Crippen molar-refractivity contribution >= 4 is 0 Å². The summed E-state index contributed by atoms with van der Waals surface area (Å²) in [6.07, 6.45) is 1.91. The fourth-order valence-corrected chi connectivity index (χ4v) is 2.01. The van der Waals surface area contributed by atoms with Gasteiger partial charge in [-0.25, -0.2) is 0 Å². The van der Waals surface area contributed by atoms with Crippen molar-refractivity contribution in [1.82, 2.24) is 10.3 Å². The van der Waals surface area contributed by atoms with Crippen LogP contribution in [0.25, 0.3) is 11.3 Å². The molecule has 4 heteroatoms. The Morgan fingerprint density at radius 2 is 1.89 bits per heavy atom. The van der Waals surface area contributed by atoms with Gasteiger partial charge in [0, 0.05) is 24.0 Å². The average Bonchev–Trinajstić information content (AvgIpc) is 2.92. The van der Waals surface area contributed by atoms with Crippen molar-refractivity contribution in [3.05, 3.63) is 36.0 Å². The molecule has 0 amide bonds. The van der Waals surface area contributed by atoms with Gasteiger partial charge in [0.1, 0.15) is 0 Å². The van der Waals surface area contributed by atoms with Crippen molar-refractivity contribution in [3.63, 3.8) is 0 Å². The lowest BCUT2D eigenvalue weighted by atomic mass is 10.0. The standard InChI is InChI=1S/C14H18N2O2/c1-15-9-10-7-13(17-2)14(18-3)8-11(10)12-5-4-6-16-12/h4-8,15-16H,9H2,1-3H3. The number of ether oxygens (including phenoxy) is 2. The Balaban J connectivity index is 2.55. The Labute approximate surface area is 107 Å². The van der Waals surface area contributed by atoms with Crippen LogP contribution in [-0.2, 0) is 6.54 Å². The predicted octanol–water partition coefficient (Wildman–Crippen LogP) is 2.42. The molecule has 1 aromatic carbocycles. The van der Waals surface area contributed by atoms with Gasteiger partial charge in [-0.05, 0) is 36.9 Å². The molecule has 0 radical (unpaired) electrons. The monoisotopic (exact) mass is 246 g/mol. The van der Waals surface area contributed by atoms with Crippen LogP contribution in [0.2, 0.25) is 0 Å². The first kappa shape index (κ1) is 12.5. The fraction of sp³-hybridized carbons (Fsp3) is 0.286. The van der Waals surface area contributed by atoms with E-state index in [2.05, 4.69) is 10.3 Å². The number of hydrogen-bond acceptors (Lipinski definition) is 3. The molecule has 0 unspecified atom stereocenters. The summed E-state index contributed by atoms with van der Waals surface area (Å²) in [5, 5.41) is 3.16. The molecule has 2 aromatic rings. The summed E-state index contributed by atoms with van der Waals surface area (Å²) in [5.41, 5.74) is 3.35. The number of benzene rings is 1. The highest BCUT2D eigenvalue weighted by atomic mass is 16.5. The molecule has 2 N–H and O–H groups in total. The Morgan fingerprint density at radius 3 is 2.44 bits per heavy atom. The zero-order chi connectivity index (χ0) is 13.0. The number of methoxy groups -OCH3 is 2. The Hall–Kier alpha value is -1.94. The van der Waals surface area contributed by atoms with E-state index in [4.69, 9.17) is 9.47 Å². The Bertz CT molecular complexity index is 507. The molecule has 1 heterocycles. The average molecular weight is 246 g/mol. The third-order valence-corrected chi connectivity index (χ3v) is 2.86. The second kappa shape index (κ2) is 5.60. The molecule has 96 valence electrons. The minimum atomic E-state index is 0.738. The Kier molecular flexibility index (Phi) is 3.89. The first-order valence-corrected chi connectivity index (χ1v) is 5.83.